The highest BCUT2D eigenvalue weighted by Crippen LogP contribution is 2.35. The summed E-state index contributed by atoms with van der Waals surface area (Å²) in [6, 6.07) is 0.167. The third-order valence-corrected chi connectivity index (χ3v) is 5.75. The van der Waals surface area contributed by atoms with Crippen LogP contribution in [-0.2, 0) is 24.7 Å². The number of likely N-dealkylation sites (tertiary alicyclic amines) is 1. The Bertz CT molecular complexity index is 718. The van der Waals surface area contributed by atoms with Gasteiger partial charge in [-0.2, -0.15) is 5.10 Å². The van der Waals surface area contributed by atoms with Gasteiger partial charge in [-0.1, -0.05) is 6.92 Å². The number of carbonyl (C=O) groups is 1. The standard InChI is InChI=1S/C17H24N4OS/c1-5-15-18-13(10-23-15)9-16(22)21-8-6-7-14(21)17-11(2)19-20(4)12(17)3/h10,14H,5-9H2,1-4H3/t14-/m0/s1. The van der Waals surface area contributed by atoms with Crippen LogP contribution < -0.4 is 0 Å². The smallest absolute Gasteiger partial charge is 0.229 e. The fourth-order valence-corrected chi connectivity index (χ4v) is 4.23. The van der Waals surface area contributed by atoms with E-state index in [1.54, 1.807) is 11.3 Å². The molecule has 0 radical (unpaired) electrons. The van der Waals surface area contributed by atoms with E-state index in [4.69, 9.17) is 0 Å². The van der Waals surface area contributed by atoms with E-state index in [2.05, 4.69) is 23.9 Å². The van der Waals surface area contributed by atoms with Gasteiger partial charge in [0.15, 0.2) is 0 Å². The lowest BCUT2D eigenvalue weighted by atomic mass is 10.0. The highest BCUT2D eigenvalue weighted by Gasteiger charge is 2.33. The van der Waals surface area contributed by atoms with Crippen molar-refractivity contribution in [2.45, 2.75) is 52.5 Å². The average molecular weight is 332 g/mol. The Morgan fingerprint density at radius 1 is 1.43 bits per heavy atom. The largest absolute Gasteiger partial charge is 0.335 e. The highest BCUT2D eigenvalue weighted by molar-refractivity contribution is 7.09. The number of hydrogen-bond acceptors (Lipinski definition) is 4. The number of thiazole rings is 1. The van der Waals surface area contributed by atoms with Crippen molar-refractivity contribution >= 4 is 17.2 Å². The van der Waals surface area contributed by atoms with E-state index in [-0.39, 0.29) is 11.9 Å². The molecule has 3 rings (SSSR count). The van der Waals surface area contributed by atoms with Gasteiger partial charge in [0.25, 0.3) is 0 Å². The maximum atomic E-state index is 12.8. The Kier molecular flexibility index (Phi) is 4.53. The van der Waals surface area contributed by atoms with Gasteiger partial charge in [0, 0.05) is 30.2 Å². The molecule has 6 heteroatoms. The van der Waals surface area contributed by atoms with Crippen molar-refractivity contribution in [3.05, 3.63) is 33.0 Å². The number of hydrogen-bond donors (Lipinski definition) is 0. The molecule has 5 nitrogen and oxygen atoms in total. The van der Waals surface area contributed by atoms with E-state index in [1.807, 2.05) is 28.9 Å². The number of nitrogens with zero attached hydrogens (tertiary/aromatic N) is 4. The molecule has 0 saturated carbocycles. The van der Waals surface area contributed by atoms with Crippen molar-refractivity contribution in [3.63, 3.8) is 0 Å². The number of aryl methyl sites for hydroxylation is 3. The molecule has 124 valence electrons. The first-order valence-electron chi connectivity index (χ1n) is 8.24. The van der Waals surface area contributed by atoms with E-state index in [9.17, 15) is 4.79 Å². The predicted octanol–water partition coefficient (Wildman–Crippen LogP) is 2.96. The Morgan fingerprint density at radius 2 is 2.22 bits per heavy atom. The maximum Gasteiger partial charge on any atom is 0.229 e. The fraction of sp³-hybridized carbons (Fsp3) is 0.588. The molecule has 0 aliphatic carbocycles. The summed E-state index contributed by atoms with van der Waals surface area (Å²) in [5.41, 5.74) is 4.33. The van der Waals surface area contributed by atoms with Gasteiger partial charge in [0.05, 0.1) is 28.9 Å². The quantitative estimate of drug-likeness (QED) is 0.865. The van der Waals surface area contributed by atoms with Gasteiger partial charge >= 0.3 is 0 Å². The number of carbonyl (C=O) groups excluding carboxylic acids is 1. The maximum absolute atomic E-state index is 12.8. The van der Waals surface area contributed by atoms with Crippen LogP contribution in [0.15, 0.2) is 5.38 Å². The van der Waals surface area contributed by atoms with Crippen LogP contribution in [0.5, 0.6) is 0 Å². The molecule has 1 amide bonds. The van der Waals surface area contributed by atoms with Crippen molar-refractivity contribution in [1.29, 1.82) is 0 Å². The van der Waals surface area contributed by atoms with Gasteiger partial charge in [0.1, 0.15) is 0 Å². The number of amides is 1. The van der Waals surface area contributed by atoms with E-state index in [0.29, 0.717) is 6.42 Å². The molecule has 0 spiro atoms. The monoisotopic (exact) mass is 332 g/mol. The molecule has 1 aliphatic heterocycles. The molecule has 23 heavy (non-hydrogen) atoms. The molecule has 0 aromatic carbocycles. The zero-order chi connectivity index (χ0) is 16.6. The highest BCUT2D eigenvalue weighted by atomic mass is 32.1. The lowest BCUT2D eigenvalue weighted by Crippen LogP contribution is -2.32. The molecule has 0 unspecified atom stereocenters. The van der Waals surface area contributed by atoms with Gasteiger partial charge in [-0.25, -0.2) is 4.98 Å². The Hall–Kier alpha value is -1.69. The minimum absolute atomic E-state index is 0.167. The van der Waals surface area contributed by atoms with Crippen LogP contribution in [0.4, 0.5) is 0 Å². The van der Waals surface area contributed by atoms with Gasteiger partial charge in [0.2, 0.25) is 5.91 Å². The van der Waals surface area contributed by atoms with Crippen molar-refractivity contribution < 1.29 is 4.79 Å². The summed E-state index contributed by atoms with van der Waals surface area (Å²) in [5.74, 6) is 0.183. The molecule has 0 N–H and O–H groups in total. The molecule has 1 fully saturated rings. The first kappa shape index (κ1) is 16.2. The van der Waals surface area contributed by atoms with Crippen LogP contribution in [0.2, 0.25) is 0 Å². The first-order chi connectivity index (χ1) is 11.0. The topological polar surface area (TPSA) is 51.0 Å². The zero-order valence-electron chi connectivity index (χ0n) is 14.3. The molecular weight excluding hydrogens is 308 g/mol. The molecule has 0 bridgehead atoms. The third-order valence-electron chi connectivity index (χ3n) is 4.71. The number of aromatic nitrogens is 3. The van der Waals surface area contributed by atoms with Crippen LogP contribution in [-0.4, -0.2) is 32.1 Å². The van der Waals surface area contributed by atoms with Crippen molar-refractivity contribution in [1.82, 2.24) is 19.7 Å². The molecular formula is C17H24N4OS. The second-order valence-corrected chi connectivity index (χ2v) is 7.16. The van der Waals surface area contributed by atoms with E-state index in [0.717, 1.165) is 47.9 Å². The van der Waals surface area contributed by atoms with Gasteiger partial charge in [-0.15, -0.1) is 11.3 Å². The summed E-state index contributed by atoms with van der Waals surface area (Å²) in [5, 5.41) is 7.63. The van der Waals surface area contributed by atoms with Crippen LogP contribution >= 0.6 is 11.3 Å². The summed E-state index contributed by atoms with van der Waals surface area (Å²) < 4.78 is 1.92. The van der Waals surface area contributed by atoms with Crippen LogP contribution in [0.3, 0.4) is 0 Å². The molecule has 3 heterocycles. The summed E-state index contributed by atoms with van der Waals surface area (Å²) >= 11 is 1.64. The van der Waals surface area contributed by atoms with E-state index in [1.165, 1.54) is 5.56 Å². The van der Waals surface area contributed by atoms with E-state index >= 15 is 0 Å². The first-order valence-corrected chi connectivity index (χ1v) is 9.12. The fourth-order valence-electron chi connectivity index (χ4n) is 3.49. The Labute approximate surface area is 141 Å². The SMILES string of the molecule is CCc1nc(CC(=O)N2CCC[C@H]2c2c(C)nn(C)c2C)cs1. The van der Waals surface area contributed by atoms with E-state index < -0.39 is 0 Å². The summed E-state index contributed by atoms with van der Waals surface area (Å²) in [7, 11) is 1.97. The van der Waals surface area contributed by atoms with Crippen molar-refractivity contribution in [2.24, 2.45) is 7.05 Å². The Morgan fingerprint density at radius 3 is 2.83 bits per heavy atom. The second kappa shape index (κ2) is 6.43. The summed E-state index contributed by atoms with van der Waals surface area (Å²) in [4.78, 5) is 19.4. The predicted molar refractivity (Wildman–Crippen MR) is 91.6 cm³/mol. The van der Waals surface area contributed by atoms with Gasteiger partial charge in [-0.3, -0.25) is 9.48 Å². The Balaban J connectivity index is 1.79. The van der Waals surface area contributed by atoms with Crippen LogP contribution in [0.1, 0.15) is 53.5 Å². The third kappa shape index (κ3) is 3.04. The molecule has 2 aromatic rings. The van der Waals surface area contributed by atoms with Gasteiger partial charge < -0.3 is 4.90 Å². The molecule has 1 atom stereocenters. The minimum Gasteiger partial charge on any atom is -0.335 e. The molecule has 1 aliphatic rings. The normalized spacial score (nSPS) is 17.9. The lowest BCUT2D eigenvalue weighted by molar-refractivity contribution is -0.131. The lowest BCUT2D eigenvalue weighted by Gasteiger charge is -2.25. The molecule has 1 saturated heterocycles. The second-order valence-electron chi connectivity index (χ2n) is 6.22. The van der Waals surface area contributed by atoms with Gasteiger partial charge in [-0.05, 0) is 33.1 Å². The van der Waals surface area contributed by atoms with Crippen molar-refractivity contribution in [2.75, 3.05) is 6.54 Å². The average Bonchev–Trinajstić information content (AvgIpc) is 3.20. The summed E-state index contributed by atoms with van der Waals surface area (Å²) in [6.07, 6.45) is 3.42. The van der Waals surface area contributed by atoms with Crippen LogP contribution in [0, 0.1) is 13.8 Å². The summed E-state index contributed by atoms with van der Waals surface area (Å²) in [6.45, 7) is 7.05. The van der Waals surface area contributed by atoms with Crippen LogP contribution in [0.25, 0.3) is 0 Å². The molecule has 2 aromatic heterocycles. The minimum atomic E-state index is 0.167. The van der Waals surface area contributed by atoms with Crippen molar-refractivity contribution in [3.8, 4) is 0 Å². The number of rotatable bonds is 4. The zero-order valence-corrected chi connectivity index (χ0v) is 15.1.